The third-order valence-electron chi connectivity index (χ3n) is 4.49. The first kappa shape index (κ1) is 21.5. The first-order valence-electron chi connectivity index (χ1n) is 9.46. The highest BCUT2D eigenvalue weighted by Gasteiger charge is 2.20. The van der Waals surface area contributed by atoms with E-state index in [2.05, 4.69) is 17.4 Å². The molecule has 3 aromatic carbocycles. The standard InChI is InChI=1S/C23H23NO5S/c1-17(25)29-23-15-21(11-12-22(23)26)30(27,28)20-9-7-18(8-10-20)13-14-24-16-19-5-3-2-4-6-19/h2-12,15,24,26H,13-14,16H2,1H3. The number of sulfone groups is 1. The fourth-order valence-corrected chi connectivity index (χ4v) is 4.21. The normalized spacial score (nSPS) is 11.2. The fourth-order valence-electron chi connectivity index (χ4n) is 2.93. The summed E-state index contributed by atoms with van der Waals surface area (Å²) in [5, 5.41) is 13.1. The number of phenols is 1. The van der Waals surface area contributed by atoms with Gasteiger partial charge in [0.25, 0.3) is 0 Å². The average Bonchev–Trinajstić information content (AvgIpc) is 2.73. The molecule has 0 radical (unpaired) electrons. The van der Waals surface area contributed by atoms with Crippen LogP contribution in [0.4, 0.5) is 0 Å². The van der Waals surface area contributed by atoms with Crippen LogP contribution in [-0.2, 0) is 27.6 Å². The third kappa shape index (κ3) is 5.46. The second-order valence-electron chi connectivity index (χ2n) is 6.78. The third-order valence-corrected chi connectivity index (χ3v) is 6.26. The monoisotopic (exact) mass is 425 g/mol. The van der Waals surface area contributed by atoms with Crippen LogP contribution in [0.2, 0.25) is 0 Å². The van der Waals surface area contributed by atoms with Crippen molar-refractivity contribution < 1.29 is 23.1 Å². The minimum Gasteiger partial charge on any atom is -0.504 e. The van der Waals surface area contributed by atoms with E-state index in [9.17, 15) is 18.3 Å². The van der Waals surface area contributed by atoms with Crippen molar-refractivity contribution >= 4 is 15.8 Å². The number of carbonyl (C=O) groups excluding carboxylic acids is 1. The van der Waals surface area contributed by atoms with Crippen LogP contribution in [0.3, 0.4) is 0 Å². The number of rotatable bonds is 8. The molecule has 0 fully saturated rings. The largest absolute Gasteiger partial charge is 0.504 e. The van der Waals surface area contributed by atoms with Gasteiger partial charge in [-0.1, -0.05) is 42.5 Å². The Kier molecular flexibility index (Phi) is 6.87. The Labute approximate surface area is 176 Å². The quantitative estimate of drug-likeness (QED) is 0.326. The summed E-state index contributed by atoms with van der Waals surface area (Å²) >= 11 is 0. The molecule has 0 bridgehead atoms. The number of hydrogen-bond acceptors (Lipinski definition) is 6. The van der Waals surface area contributed by atoms with E-state index in [4.69, 9.17) is 4.74 Å². The maximum absolute atomic E-state index is 12.9. The Bertz CT molecular complexity index is 1110. The molecule has 0 amide bonds. The van der Waals surface area contributed by atoms with Crippen LogP contribution in [0.15, 0.2) is 82.6 Å². The molecule has 7 heteroatoms. The lowest BCUT2D eigenvalue weighted by atomic mass is 10.1. The molecule has 0 spiro atoms. The number of nitrogens with one attached hydrogen (secondary N) is 1. The fraction of sp³-hybridized carbons (Fsp3) is 0.174. The van der Waals surface area contributed by atoms with E-state index >= 15 is 0 Å². The zero-order valence-corrected chi connectivity index (χ0v) is 17.4. The zero-order chi connectivity index (χ0) is 21.6. The summed E-state index contributed by atoms with van der Waals surface area (Å²) < 4.78 is 30.6. The molecule has 2 N–H and O–H groups in total. The smallest absolute Gasteiger partial charge is 0.308 e. The van der Waals surface area contributed by atoms with Gasteiger partial charge in [0.2, 0.25) is 9.84 Å². The summed E-state index contributed by atoms with van der Waals surface area (Å²) in [5.74, 6) is -1.14. The van der Waals surface area contributed by atoms with Gasteiger partial charge in [-0.25, -0.2) is 8.42 Å². The highest BCUT2D eigenvalue weighted by Crippen LogP contribution is 2.31. The minimum atomic E-state index is -3.81. The van der Waals surface area contributed by atoms with Crippen LogP contribution in [0.25, 0.3) is 0 Å². The molecular formula is C23H23NO5S. The highest BCUT2D eigenvalue weighted by atomic mass is 32.2. The van der Waals surface area contributed by atoms with Crippen LogP contribution < -0.4 is 10.1 Å². The summed E-state index contributed by atoms with van der Waals surface area (Å²) in [7, 11) is -3.81. The molecule has 6 nitrogen and oxygen atoms in total. The Hall–Kier alpha value is -3.16. The summed E-state index contributed by atoms with van der Waals surface area (Å²) in [6.45, 7) is 2.72. The molecule has 156 valence electrons. The van der Waals surface area contributed by atoms with Crippen molar-refractivity contribution in [3.8, 4) is 11.5 Å². The summed E-state index contributed by atoms with van der Waals surface area (Å²) in [6, 6.07) is 20.4. The molecule has 30 heavy (non-hydrogen) atoms. The Morgan fingerprint density at radius 3 is 2.27 bits per heavy atom. The van der Waals surface area contributed by atoms with Crippen molar-refractivity contribution in [3.63, 3.8) is 0 Å². The van der Waals surface area contributed by atoms with Crippen molar-refractivity contribution in [3.05, 3.63) is 83.9 Å². The molecule has 0 saturated carbocycles. The number of aromatic hydroxyl groups is 1. The van der Waals surface area contributed by atoms with Crippen molar-refractivity contribution in [2.45, 2.75) is 29.7 Å². The summed E-state index contributed by atoms with van der Waals surface area (Å²) in [6.07, 6.45) is 0.767. The highest BCUT2D eigenvalue weighted by molar-refractivity contribution is 7.91. The predicted molar refractivity (Wildman–Crippen MR) is 113 cm³/mol. The zero-order valence-electron chi connectivity index (χ0n) is 16.5. The Balaban J connectivity index is 1.65. The van der Waals surface area contributed by atoms with Gasteiger partial charge < -0.3 is 15.2 Å². The van der Waals surface area contributed by atoms with E-state index in [0.717, 1.165) is 31.1 Å². The molecule has 0 saturated heterocycles. The van der Waals surface area contributed by atoms with Crippen LogP contribution in [0.5, 0.6) is 11.5 Å². The Morgan fingerprint density at radius 1 is 0.933 bits per heavy atom. The number of benzene rings is 3. The van der Waals surface area contributed by atoms with E-state index < -0.39 is 15.8 Å². The van der Waals surface area contributed by atoms with Gasteiger partial charge in [0.1, 0.15) is 0 Å². The second kappa shape index (κ2) is 9.56. The van der Waals surface area contributed by atoms with Gasteiger partial charge in [-0.3, -0.25) is 4.79 Å². The molecule has 0 aliphatic rings. The molecular weight excluding hydrogens is 402 g/mol. The lowest BCUT2D eigenvalue weighted by Gasteiger charge is -2.09. The van der Waals surface area contributed by atoms with E-state index in [1.165, 1.54) is 24.6 Å². The molecule has 0 atom stereocenters. The lowest BCUT2D eigenvalue weighted by molar-refractivity contribution is -0.132. The first-order valence-corrected chi connectivity index (χ1v) is 10.9. The van der Waals surface area contributed by atoms with Crippen molar-refractivity contribution in [2.75, 3.05) is 6.54 Å². The van der Waals surface area contributed by atoms with E-state index in [0.29, 0.717) is 0 Å². The van der Waals surface area contributed by atoms with Gasteiger partial charge in [-0.15, -0.1) is 0 Å². The van der Waals surface area contributed by atoms with Crippen molar-refractivity contribution in [1.29, 1.82) is 0 Å². The molecule has 0 unspecified atom stereocenters. The van der Waals surface area contributed by atoms with Gasteiger partial charge in [0, 0.05) is 19.5 Å². The maximum atomic E-state index is 12.9. The number of carbonyl (C=O) groups is 1. The minimum absolute atomic E-state index is 0.0613. The molecule has 0 heterocycles. The van der Waals surface area contributed by atoms with Crippen LogP contribution in [0.1, 0.15) is 18.1 Å². The van der Waals surface area contributed by atoms with Gasteiger partial charge in [-0.05, 0) is 48.4 Å². The number of phenolic OH excluding ortho intramolecular Hbond substituents is 1. The van der Waals surface area contributed by atoms with E-state index in [1.807, 2.05) is 18.2 Å². The van der Waals surface area contributed by atoms with Gasteiger partial charge >= 0.3 is 5.97 Å². The van der Waals surface area contributed by atoms with Crippen LogP contribution >= 0.6 is 0 Å². The molecule has 0 aliphatic carbocycles. The molecule has 3 aromatic rings. The SMILES string of the molecule is CC(=O)Oc1cc(S(=O)(=O)c2ccc(CCNCc3ccccc3)cc2)ccc1O. The first-order chi connectivity index (χ1) is 14.4. The Morgan fingerprint density at radius 2 is 1.60 bits per heavy atom. The molecule has 0 aromatic heterocycles. The number of esters is 1. The van der Waals surface area contributed by atoms with Gasteiger partial charge in [-0.2, -0.15) is 0 Å². The molecule has 3 rings (SSSR count). The second-order valence-corrected chi connectivity index (χ2v) is 8.73. The van der Waals surface area contributed by atoms with E-state index in [-0.39, 0.29) is 21.3 Å². The van der Waals surface area contributed by atoms with E-state index in [1.54, 1.807) is 24.3 Å². The maximum Gasteiger partial charge on any atom is 0.308 e. The number of hydrogen-bond donors (Lipinski definition) is 2. The topological polar surface area (TPSA) is 92.7 Å². The van der Waals surface area contributed by atoms with Crippen LogP contribution in [-0.4, -0.2) is 26.0 Å². The lowest BCUT2D eigenvalue weighted by Crippen LogP contribution is -2.16. The van der Waals surface area contributed by atoms with Crippen LogP contribution in [0, 0.1) is 0 Å². The van der Waals surface area contributed by atoms with Crippen molar-refractivity contribution in [1.82, 2.24) is 5.32 Å². The average molecular weight is 426 g/mol. The van der Waals surface area contributed by atoms with Crippen molar-refractivity contribution in [2.24, 2.45) is 0 Å². The molecule has 0 aliphatic heterocycles. The summed E-state index contributed by atoms with van der Waals surface area (Å²) in [5.41, 5.74) is 2.22. The van der Waals surface area contributed by atoms with Gasteiger partial charge in [0.05, 0.1) is 9.79 Å². The number of ether oxygens (including phenoxy) is 1. The summed E-state index contributed by atoms with van der Waals surface area (Å²) in [4.78, 5) is 11.2. The predicted octanol–water partition coefficient (Wildman–Crippen LogP) is 3.48. The van der Waals surface area contributed by atoms with Gasteiger partial charge in [0.15, 0.2) is 11.5 Å².